The lowest BCUT2D eigenvalue weighted by Crippen LogP contribution is -2.56. The summed E-state index contributed by atoms with van der Waals surface area (Å²) in [5.41, 5.74) is 0.510. The Labute approximate surface area is 99.8 Å². The number of amides is 2. The molecule has 1 aromatic rings. The topological polar surface area (TPSA) is 62.6 Å². The van der Waals surface area contributed by atoms with E-state index in [1.54, 1.807) is 17.9 Å². The fraction of sp³-hybridized carbons (Fsp3) is 0.500. The highest BCUT2D eigenvalue weighted by atomic mass is 16.3. The van der Waals surface area contributed by atoms with Gasteiger partial charge in [-0.15, -0.1) is 0 Å². The van der Waals surface area contributed by atoms with Gasteiger partial charge in [-0.2, -0.15) is 0 Å². The molecule has 1 fully saturated rings. The van der Waals surface area contributed by atoms with Gasteiger partial charge in [-0.1, -0.05) is 6.92 Å². The molecule has 2 rings (SSSR count). The first kappa shape index (κ1) is 11.7. The molecule has 1 N–H and O–H groups in total. The highest BCUT2D eigenvalue weighted by Crippen LogP contribution is 2.15. The third-order valence-corrected chi connectivity index (χ3v) is 2.96. The number of hydrogen-bond donors (Lipinski definition) is 1. The number of piperazine rings is 1. The molecule has 0 aliphatic carbocycles. The van der Waals surface area contributed by atoms with E-state index in [4.69, 9.17) is 4.42 Å². The van der Waals surface area contributed by atoms with Gasteiger partial charge in [0.2, 0.25) is 5.91 Å². The molecule has 0 saturated carbocycles. The number of nitrogens with zero attached hydrogens (tertiary/aromatic N) is 1. The van der Waals surface area contributed by atoms with Gasteiger partial charge < -0.3 is 14.6 Å². The lowest BCUT2D eigenvalue weighted by molar-refractivity contribution is -0.127. The molecule has 1 unspecified atom stereocenters. The molecule has 5 nitrogen and oxygen atoms in total. The molecule has 92 valence electrons. The summed E-state index contributed by atoms with van der Waals surface area (Å²) in [5, 5.41) is 2.77. The first-order chi connectivity index (χ1) is 8.13. The van der Waals surface area contributed by atoms with Crippen LogP contribution in [0.4, 0.5) is 0 Å². The summed E-state index contributed by atoms with van der Waals surface area (Å²) in [6.07, 6.45) is 2.06. The second-order valence-electron chi connectivity index (χ2n) is 4.16. The van der Waals surface area contributed by atoms with Crippen LogP contribution in [0.25, 0.3) is 0 Å². The van der Waals surface area contributed by atoms with Crippen LogP contribution < -0.4 is 5.32 Å². The third-order valence-electron chi connectivity index (χ3n) is 2.96. The van der Waals surface area contributed by atoms with E-state index < -0.39 is 0 Å². The highest BCUT2D eigenvalue weighted by Gasteiger charge is 2.32. The van der Waals surface area contributed by atoms with Crippen molar-refractivity contribution in [3.8, 4) is 0 Å². The van der Waals surface area contributed by atoms with Crippen molar-refractivity contribution in [2.45, 2.75) is 26.3 Å². The van der Waals surface area contributed by atoms with Gasteiger partial charge in [0.15, 0.2) is 0 Å². The summed E-state index contributed by atoms with van der Waals surface area (Å²) in [4.78, 5) is 25.5. The number of carbonyl (C=O) groups excluding carboxylic acids is 2. The van der Waals surface area contributed by atoms with Crippen molar-refractivity contribution in [2.75, 3.05) is 13.1 Å². The van der Waals surface area contributed by atoms with Crippen molar-refractivity contribution in [2.24, 2.45) is 0 Å². The molecule has 1 aliphatic rings. The quantitative estimate of drug-likeness (QED) is 0.831. The molecule has 5 heteroatoms. The van der Waals surface area contributed by atoms with Gasteiger partial charge in [-0.3, -0.25) is 9.59 Å². The van der Waals surface area contributed by atoms with Gasteiger partial charge in [0, 0.05) is 13.1 Å². The molecule has 0 bridgehead atoms. The number of rotatable bonds is 2. The maximum atomic E-state index is 12.2. The monoisotopic (exact) mass is 236 g/mol. The number of carbonyl (C=O) groups is 2. The summed E-state index contributed by atoms with van der Waals surface area (Å²) < 4.78 is 5.12. The van der Waals surface area contributed by atoms with E-state index in [-0.39, 0.29) is 17.9 Å². The summed E-state index contributed by atoms with van der Waals surface area (Å²) >= 11 is 0. The maximum Gasteiger partial charge on any atom is 0.257 e. The largest absolute Gasteiger partial charge is 0.469 e. The Bertz CT molecular complexity index is 439. The minimum atomic E-state index is -0.369. The lowest BCUT2D eigenvalue weighted by atomic mass is 10.1. The van der Waals surface area contributed by atoms with Crippen molar-refractivity contribution in [1.82, 2.24) is 10.2 Å². The van der Waals surface area contributed by atoms with Crippen molar-refractivity contribution < 1.29 is 14.0 Å². The third kappa shape index (κ3) is 2.18. The molecule has 2 heterocycles. The lowest BCUT2D eigenvalue weighted by Gasteiger charge is -2.34. The smallest absolute Gasteiger partial charge is 0.257 e. The molecule has 17 heavy (non-hydrogen) atoms. The van der Waals surface area contributed by atoms with Crippen LogP contribution in [-0.4, -0.2) is 35.8 Å². The summed E-state index contributed by atoms with van der Waals surface area (Å²) in [6.45, 7) is 4.75. The fourth-order valence-corrected chi connectivity index (χ4v) is 2.09. The zero-order valence-corrected chi connectivity index (χ0v) is 10.0. The zero-order valence-electron chi connectivity index (χ0n) is 10.0. The Kier molecular flexibility index (Phi) is 3.17. The number of hydrogen-bond acceptors (Lipinski definition) is 3. The number of furan rings is 1. The molecule has 1 atom stereocenters. The van der Waals surface area contributed by atoms with Gasteiger partial charge >= 0.3 is 0 Å². The molecular weight excluding hydrogens is 220 g/mol. The summed E-state index contributed by atoms with van der Waals surface area (Å²) in [7, 11) is 0. The van der Waals surface area contributed by atoms with Crippen molar-refractivity contribution in [3.05, 3.63) is 23.7 Å². The van der Waals surface area contributed by atoms with E-state index >= 15 is 0 Å². The Balaban J connectivity index is 2.20. The predicted molar refractivity (Wildman–Crippen MR) is 61.6 cm³/mol. The highest BCUT2D eigenvalue weighted by molar-refractivity contribution is 5.98. The van der Waals surface area contributed by atoms with E-state index in [0.717, 1.165) is 0 Å². The Morgan fingerprint density at radius 3 is 3.00 bits per heavy atom. The van der Waals surface area contributed by atoms with Crippen LogP contribution in [0, 0.1) is 6.92 Å². The second kappa shape index (κ2) is 4.61. The van der Waals surface area contributed by atoms with Crippen molar-refractivity contribution in [3.63, 3.8) is 0 Å². The van der Waals surface area contributed by atoms with E-state index in [0.29, 0.717) is 30.8 Å². The molecule has 1 aliphatic heterocycles. The van der Waals surface area contributed by atoms with Crippen LogP contribution in [0.15, 0.2) is 16.7 Å². The molecule has 0 spiro atoms. The average Bonchev–Trinajstić information content (AvgIpc) is 2.74. The van der Waals surface area contributed by atoms with Crippen LogP contribution in [-0.2, 0) is 4.79 Å². The first-order valence-electron chi connectivity index (χ1n) is 5.77. The van der Waals surface area contributed by atoms with Gasteiger partial charge in [0.05, 0.1) is 5.56 Å². The van der Waals surface area contributed by atoms with Gasteiger partial charge in [0.1, 0.15) is 18.1 Å². The molecular formula is C12H16N2O3. The van der Waals surface area contributed by atoms with Crippen molar-refractivity contribution in [1.29, 1.82) is 0 Å². The molecule has 1 saturated heterocycles. The average molecular weight is 236 g/mol. The Morgan fingerprint density at radius 1 is 1.65 bits per heavy atom. The molecule has 0 radical (unpaired) electrons. The van der Waals surface area contributed by atoms with E-state index in [2.05, 4.69) is 5.32 Å². The molecule has 1 aromatic heterocycles. The minimum absolute atomic E-state index is 0.0766. The van der Waals surface area contributed by atoms with Gasteiger partial charge in [0.25, 0.3) is 5.91 Å². The zero-order chi connectivity index (χ0) is 12.4. The fourth-order valence-electron chi connectivity index (χ4n) is 2.09. The van der Waals surface area contributed by atoms with Gasteiger partial charge in [-0.25, -0.2) is 0 Å². The molecule has 2 amide bonds. The van der Waals surface area contributed by atoms with E-state index in [9.17, 15) is 9.59 Å². The number of aryl methyl sites for hydroxylation is 1. The summed E-state index contributed by atoms with van der Waals surface area (Å²) in [6, 6.07) is 1.33. The standard InChI is InChI=1S/C12H16N2O3/c1-3-10-11(15)13-4-5-14(10)12(16)9-6-8(2)17-7-9/h6-7,10H,3-5H2,1-2H3,(H,13,15). The van der Waals surface area contributed by atoms with Crippen LogP contribution in [0.3, 0.4) is 0 Å². The Morgan fingerprint density at radius 2 is 2.41 bits per heavy atom. The van der Waals surface area contributed by atoms with Crippen LogP contribution in [0.1, 0.15) is 29.5 Å². The van der Waals surface area contributed by atoms with Crippen LogP contribution in [0.2, 0.25) is 0 Å². The molecule has 0 aromatic carbocycles. The van der Waals surface area contributed by atoms with Crippen LogP contribution in [0.5, 0.6) is 0 Å². The normalized spacial score (nSPS) is 20.2. The minimum Gasteiger partial charge on any atom is -0.469 e. The SMILES string of the molecule is CCC1C(=O)NCCN1C(=O)c1coc(C)c1. The van der Waals surface area contributed by atoms with Crippen LogP contribution >= 0.6 is 0 Å². The number of nitrogens with one attached hydrogen (secondary N) is 1. The predicted octanol–water partition coefficient (Wildman–Crippen LogP) is 0.939. The summed E-state index contributed by atoms with van der Waals surface area (Å²) in [5.74, 6) is 0.485. The van der Waals surface area contributed by atoms with E-state index in [1.165, 1.54) is 6.26 Å². The first-order valence-corrected chi connectivity index (χ1v) is 5.77. The van der Waals surface area contributed by atoms with E-state index in [1.807, 2.05) is 6.92 Å². The van der Waals surface area contributed by atoms with Gasteiger partial charge in [-0.05, 0) is 19.4 Å². The maximum absolute atomic E-state index is 12.2. The second-order valence-corrected chi connectivity index (χ2v) is 4.16. The van der Waals surface area contributed by atoms with Crippen molar-refractivity contribution >= 4 is 11.8 Å². The Hall–Kier alpha value is -1.78.